The summed E-state index contributed by atoms with van der Waals surface area (Å²) in [6.45, 7) is 4.67. The number of halogens is 2. The molecule has 0 bridgehead atoms. The van der Waals surface area contributed by atoms with E-state index < -0.39 is 11.6 Å². The molecule has 0 amide bonds. The number of hydrogen-bond acceptors (Lipinski definition) is 3. The monoisotopic (exact) mass is 283 g/mol. The van der Waals surface area contributed by atoms with E-state index in [1.807, 2.05) is 0 Å². The third-order valence-corrected chi connectivity index (χ3v) is 4.08. The van der Waals surface area contributed by atoms with Gasteiger partial charge in [0.2, 0.25) is 0 Å². The van der Waals surface area contributed by atoms with Crippen LogP contribution < -0.4 is 11.2 Å². The predicted molar refractivity (Wildman–Crippen MR) is 75.9 cm³/mol. The summed E-state index contributed by atoms with van der Waals surface area (Å²) in [5.41, 5.74) is 9.86. The molecular formula is C15H23F2N3. The van der Waals surface area contributed by atoms with Crippen LogP contribution in [0.5, 0.6) is 0 Å². The molecule has 0 aliphatic carbocycles. The minimum Gasteiger partial charge on any atom is -0.329 e. The van der Waals surface area contributed by atoms with Crippen LogP contribution in [0, 0.1) is 11.6 Å². The van der Waals surface area contributed by atoms with E-state index in [2.05, 4.69) is 24.3 Å². The highest BCUT2D eigenvalue weighted by molar-refractivity contribution is 5.21. The molecular weight excluding hydrogens is 260 g/mol. The van der Waals surface area contributed by atoms with Gasteiger partial charge in [-0.3, -0.25) is 0 Å². The van der Waals surface area contributed by atoms with E-state index in [9.17, 15) is 8.78 Å². The highest BCUT2D eigenvalue weighted by Crippen LogP contribution is 2.23. The number of benzene rings is 1. The molecule has 3 unspecified atom stereocenters. The third kappa shape index (κ3) is 3.34. The van der Waals surface area contributed by atoms with Crippen molar-refractivity contribution in [2.24, 2.45) is 5.73 Å². The summed E-state index contributed by atoms with van der Waals surface area (Å²) in [5, 5.41) is 2.20. The SMILES string of the molecule is CC1CCCC(C)N1NC(CN)c1ccc(F)c(F)c1. The van der Waals surface area contributed by atoms with E-state index in [0.29, 0.717) is 24.2 Å². The summed E-state index contributed by atoms with van der Waals surface area (Å²) >= 11 is 0. The van der Waals surface area contributed by atoms with Gasteiger partial charge in [0.1, 0.15) is 0 Å². The Morgan fingerprint density at radius 1 is 1.25 bits per heavy atom. The fourth-order valence-electron chi connectivity index (χ4n) is 2.85. The highest BCUT2D eigenvalue weighted by Gasteiger charge is 2.27. The third-order valence-electron chi connectivity index (χ3n) is 4.08. The Labute approximate surface area is 119 Å². The second-order valence-electron chi connectivity index (χ2n) is 5.63. The van der Waals surface area contributed by atoms with Gasteiger partial charge in [0.25, 0.3) is 0 Å². The second-order valence-corrected chi connectivity index (χ2v) is 5.63. The van der Waals surface area contributed by atoms with Crippen LogP contribution in [0.1, 0.15) is 44.7 Å². The zero-order chi connectivity index (χ0) is 14.7. The number of nitrogens with two attached hydrogens (primary N) is 1. The summed E-state index contributed by atoms with van der Waals surface area (Å²) in [5.74, 6) is -1.66. The van der Waals surface area contributed by atoms with Gasteiger partial charge in [0.15, 0.2) is 11.6 Å². The molecule has 1 aliphatic heterocycles. The van der Waals surface area contributed by atoms with Crippen molar-refractivity contribution in [2.45, 2.75) is 51.2 Å². The van der Waals surface area contributed by atoms with E-state index in [1.165, 1.54) is 12.5 Å². The Morgan fingerprint density at radius 2 is 1.90 bits per heavy atom. The van der Waals surface area contributed by atoms with Gasteiger partial charge in [0.05, 0.1) is 6.04 Å². The molecule has 1 fully saturated rings. The first kappa shape index (κ1) is 15.4. The molecule has 3 atom stereocenters. The summed E-state index contributed by atoms with van der Waals surface area (Å²) < 4.78 is 26.4. The first-order valence-electron chi connectivity index (χ1n) is 7.22. The van der Waals surface area contributed by atoms with E-state index in [-0.39, 0.29) is 6.04 Å². The summed E-state index contributed by atoms with van der Waals surface area (Å²) in [7, 11) is 0. The maximum atomic E-state index is 13.4. The van der Waals surface area contributed by atoms with E-state index in [0.717, 1.165) is 18.9 Å². The largest absolute Gasteiger partial charge is 0.329 e. The number of nitrogens with one attached hydrogen (secondary N) is 1. The quantitative estimate of drug-likeness (QED) is 0.892. The summed E-state index contributed by atoms with van der Waals surface area (Å²) in [6.07, 6.45) is 3.48. The van der Waals surface area contributed by atoms with Crippen LogP contribution >= 0.6 is 0 Å². The molecule has 5 heteroatoms. The van der Waals surface area contributed by atoms with E-state index >= 15 is 0 Å². The van der Waals surface area contributed by atoms with Gasteiger partial charge in [0, 0.05) is 18.6 Å². The molecule has 1 heterocycles. The molecule has 0 radical (unpaired) electrons. The first-order valence-corrected chi connectivity index (χ1v) is 7.22. The Morgan fingerprint density at radius 3 is 2.45 bits per heavy atom. The maximum absolute atomic E-state index is 13.4. The average Bonchev–Trinajstić information content (AvgIpc) is 2.42. The molecule has 0 saturated carbocycles. The van der Waals surface area contributed by atoms with Crippen molar-refractivity contribution in [1.82, 2.24) is 10.4 Å². The van der Waals surface area contributed by atoms with Gasteiger partial charge >= 0.3 is 0 Å². The number of hydrogen-bond donors (Lipinski definition) is 2. The lowest BCUT2D eigenvalue weighted by atomic mass is 9.99. The number of nitrogens with zero attached hydrogens (tertiary/aromatic N) is 1. The van der Waals surface area contributed by atoms with Crippen LogP contribution in [-0.2, 0) is 0 Å². The highest BCUT2D eigenvalue weighted by atomic mass is 19.2. The van der Waals surface area contributed by atoms with Crippen molar-refractivity contribution in [1.29, 1.82) is 0 Å². The molecule has 20 heavy (non-hydrogen) atoms. The van der Waals surface area contributed by atoms with Crippen molar-refractivity contribution in [3.8, 4) is 0 Å². The van der Waals surface area contributed by atoms with Crippen LogP contribution in [0.25, 0.3) is 0 Å². The Kier molecular flexibility index (Phi) is 5.07. The fraction of sp³-hybridized carbons (Fsp3) is 0.600. The molecule has 0 spiro atoms. The van der Waals surface area contributed by atoms with Gasteiger partial charge < -0.3 is 5.73 Å². The zero-order valence-electron chi connectivity index (χ0n) is 12.1. The molecule has 1 aliphatic rings. The van der Waals surface area contributed by atoms with E-state index in [4.69, 9.17) is 5.73 Å². The summed E-state index contributed by atoms with van der Waals surface area (Å²) in [6, 6.07) is 4.59. The normalized spacial score (nSPS) is 25.6. The van der Waals surface area contributed by atoms with Gasteiger partial charge in [-0.1, -0.05) is 12.5 Å². The smallest absolute Gasteiger partial charge is 0.159 e. The first-order chi connectivity index (χ1) is 9.52. The molecule has 1 aromatic rings. The van der Waals surface area contributed by atoms with Gasteiger partial charge in [-0.25, -0.2) is 19.2 Å². The van der Waals surface area contributed by atoms with Crippen molar-refractivity contribution in [3.63, 3.8) is 0 Å². The lowest BCUT2D eigenvalue weighted by Gasteiger charge is -2.41. The molecule has 2 rings (SSSR count). The maximum Gasteiger partial charge on any atom is 0.159 e. The van der Waals surface area contributed by atoms with Gasteiger partial charge in [-0.05, 0) is 44.4 Å². The van der Waals surface area contributed by atoms with Crippen molar-refractivity contribution < 1.29 is 8.78 Å². The number of hydrazine groups is 1. The Bertz CT molecular complexity index is 443. The van der Waals surface area contributed by atoms with Crippen LogP contribution in [-0.4, -0.2) is 23.6 Å². The standard InChI is InChI=1S/C15H23F2N3/c1-10-4-3-5-11(2)20(10)19-15(9-18)12-6-7-13(16)14(17)8-12/h6-8,10-11,15,19H,3-5,9,18H2,1-2H3. The average molecular weight is 283 g/mol. The molecule has 3 N–H and O–H groups in total. The number of rotatable bonds is 4. The molecule has 1 saturated heterocycles. The van der Waals surface area contributed by atoms with Crippen molar-refractivity contribution in [3.05, 3.63) is 35.4 Å². The van der Waals surface area contributed by atoms with Crippen LogP contribution in [0.15, 0.2) is 18.2 Å². The van der Waals surface area contributed by atoms with Crippen LogP contribution in [0.3, 0.4) is 0 Å². The summed E-state index contributed by atoms with van der Waals surface area (Å²) in [4.78, 5) is 0. The van der Waals surface area contributed by atoms with E-state index in [1.54, 1.807) is 6.07 Å². The van der Waals surface area contributed by atoms with Crippen LogP contribution in [0.2, 0.25) is 0 Å². The zero-order valence-corrected chi connectivity index (χ0v) is 12.1. The topological polar surface area (TPSA) is 41.3 Å². The minimum atomic E-state index is -0.831. The lowest BCUT2D eigenvalue weighted by Crippen LogP contribution is -2.54. The lowest BCUT2D eigenvalue weighted by molar-refractivity contribution is 0.0304. The van der Waals surface area contributed by atoms with Crippen molar-refractivity contribution in [2.75, 3.05) is 6.54 Å². The molecule has 0 aromatic heterocycles. The van der Waals surface area contributed by atoms with Gasteiger partial charge in [-0.2, -0.15) is 0 Å². The second kappa shape index (κ2) is 6.61. The molecule has 112 valence electrons. The number of piperidine rings is 1. The van der Waals surface area contributed by atoms with Crippen LogP contribution in [0.4, 0.5) is 8.78 Å². The van der Waals surface area contributed by atoms with Gasteiger partial charge in [-0.15, -0.1) is 0 Å². The predicted octanol–water partition coefficient (Wildman–Crippen LogP) is 2.73. The Balaban J connectivity index is 2.13. The molecule has 3 nitrogen and oxygen atoms in total. The van der Waals surface area contributed by atoms with Crippen molar-refractivity contribution >= 4 is 0 Å². The fourth-order valence-corrected chi connectivity index (χ4v) is 2.85. The Hall–Kier alpha value is -1.04. The molecule has 1 aromatic carbocycles. The minimum absolute atomic E-state index is 0.201.